The zero-order valence-corrected chi connectivity index (χ0v) is 16.8. The van der Waals surface area contributed by atoms with Gasteiger partial charge in [0.15, 0.2) is 0 Å². The lowest BCUT2D eigenvalue weighted by atomic mass is 10.0. The van der Waals surface area contributed by atoms with E-state index >= 15 is 0 Å². The van der Waals surface area contributed by atoms with Crippen LogP contribution in [0.2, 0.25) is 5.02 Å². The molecule has 0 unspecified atom stereocenters. The highest BCUT2D eigenvalue weighted by atomic mass is 35.5. The zero-order chi connectivity index (χ0) is 20.3. The summed E-state index contributed by atoms with van der Waals surface area (Å²) >= 11 is 7.20. The maximum Gasteiger partial charge on any atom is 0.341 e. The van der Waals surface area contributed by atoms with E-state index in [4.69, 9.17) is 16.3 Å². The summed E-state index contributed by atoms with van der Waals surface area (Å²) in [7, 11) is 0. The third-order valence-corrected chi connectivity index (χ3v) is 5.31. The summed E-state index contributed by atoms with van der Waals surface area (Å²) in [5.41, 5.74) is 1.57. The van der Waals surface area contributed by atoms with Crippen LogP contribution in [0.4, 0.5) is 9.39 Å². The highest BCUT2D eigenvalue weighted by Gasteiger charge is 2.26. The Morgan fingerprint density at radius 2 is 1.82 bits per heavy atom. The molecule has 1 heterocycles. The standard InChI is InChI=1S/C21H17ClFNO3S/c1-3-27-21(26)18-17(13-8-10-14(22)11-9-13)12(2)28-20(18)24-19(25)15-6-4-5-7-16(15)23/h4-11H,3H2,1-2H3,(H,24,25). The minimum Gasteiger partial charge on any atom is -0.462 e. The van der Waals surface area contributed by atoms with Crippen LogP contribution in [-0.4, -0.2) is 18.5 Å². The van der Waals surface area contributed by atoms with Gasteiger partial charge in [-0.2, -0.15) is 0 Å². The Bertz CT molecular complexity index is 1030. The highest BCUT2D eigenvalue weighted by molar-refractivity contribution is 7.17. The third kappa shape index (κ3) is 4.08. The normalized spacial score (nSPS) is 10.6. The van der Waals surface area contributed by atoms with E-state index in [0.717, 1.165) is 10.4 Å². The van der Waals surface area contributed by atoms with E-state index in [9.17, 15) is 14.0 Å². The summed E-state index contributed by atoms with van der Waals surface area (Å²) in [4.78, 5) is 26.0. The number of aryl methyl sites for hydroxylation is 1. The van der Waals surface area contributed by atoms with Crippen molar-refractivity contribution in [3.05, 3.63) is 75.4 Å². The molecule has 1 amide bonds. The Kier molecular flexibility index (Phi) is 6.11. The van der Waals surface area contributed by atoms with Gasteiger partial charge in [-0.05, 0) is 43.7 Å². The summed E-state index contributed by atoms with van der Waals surface area (Å²) in [6.07, 6.45) is 0. The number of hydrogen-bond acceptors (Lipinski definition) is 4. The number of esters is 1. The van der Waals surface area contributed by atoms with Crippen molar-refractivity contribution in [3.63, 3.8) is 0 Å². The number of nitrogens with one attached hydrogen (secondary N) is 1. The van der Waals surface area contributed by atoms with Crippen LogP contribution in [0.25, 0.3) is 11.1 Å². The molecular formula is C21H17ClFNO3S. The molecule has 0 aliphatic carbocycles. The van der Waals surface area contributed by atoms with Crippen LogP contribution >= 0.6 is 22.9 Å². The highest BCUT2D eigenvalue weighted by Crippen LogP contribution is 2.41. The molecule has 0 fully saturated rings. The van der Waals surface area contributed by atoms with E-state index in [1.165, 1.54) is 29.5 Å². The first-order valence-corrected chi connectivity index (χ1v) is 9.74. The fourth-order valence-electron chi connectivity index (χ4n) is 2.81. The maximum atomic E-state index is 13.9. The average molecular weight is 418 g/mol. The van der Waals surface area contributed by atoms with Crippen LogP contribution in [0.15, 0.2) is 48.5 Å². The Morgan fingerprint density at radius 3 is 2.46 bits per heavy atom. The van der Waals surface area contributed by atoms with E-state index in [0.29, 0.717) is 15.6 Å². The van der Waals surface area contributed by atoms with Crippen LogP contribution in [0.1, 0.15) is 32.5 Å². The van der Waals surface area contributed by atoms with Crippen molar-refractivity contribution in [2.75, 3.05) is 11.9 Å². The van der Waals surface area contributed by atoms with Gasteiger partial charge < -0.3 is 10.1 Å². The molecule has 1 N–H and O–H groups in total. The first-order chi connectivity index (χ1) is 13.4. The Morgan fingerprint density at radius 1 is 1.14 bits per heavy atom. The first-order valence-electron chi connectivity index (χ1n) is 8.54. The molecule has 1 aromatic heterocycles. The molecule has 7 heteroatoms. The molecule has 0 saturated heterocycles. The van der Waals surface area contributed by atoms with Crippen LogP contribution in [-0.2, 0) is 4.74 Å². The summed E-state index contributed by atoms with van der Waals surface area (Å²) in [6.45, 7) is 3.74. The fraction of sp³-hybridized carbons (Fsp3) is 0.143. The zero-order valence-electron chi connectivity index (χ0n) is 15.2. The van der Waals surface area contributed by atoms with Crippen LogP contribution in [0.5, 0.6) is 0 Å². The predicted molar refractivity (Wildman–Crippen MR) is 110 cm³/mol. The molecule has 3 aromatic rings. The van der Waals surface area contributed by atoms with Crippen molar-refractivity contribution in [1.82, 2.24) is 0 Å². The molecule has 28 heavy (non-hydrogen) atoms. The van der Waals surface area contributed by atoms with Gasteiger partial charge in [0, 0.05) is 15.5 Å². The molecule has 4 nitrogen and oxygen atoms in total. The second kappa shape index (κ2) is 8.54. The molecule has 0 saturated carbocycles. The SMILES string of the molecule is CCOC(=O)c1c(NC(=O)c2ccccc2F)sc(C)c1-c1ccc(Cl)cc1. The Hall–Kier alpha value is -2.70. The summed E-state index contributed by atoms with van der Waals surface area (Å²) in [6, 6.07) is 12.7. The van der Waals surface area contributed by atoms with Gasteiger partial charge in [-0.1, -0.05) is 35.9 Å². The van der Waals surface area contributed by atoms with Crippen LogP contribution in [0.3, 0.4) is 0 Å². The van der Waals surface area contributed by atoms with E-state index in [2.05, 4.69) is 5.32 Å². The number of anilines is 1. The third-order valence-electron chi connectivity index (χ3n) is 4.04. The predicted octanol–water partition coefficient (Wildman–Crippen LogP) is 5.95. The van der Waals surface area contributed by atoms with Gasteiger partial charge in [-0.15, -0.1) is 11.3 Å². The molecule has 2 aromatic carbocycles. The molecule has 0 atom stereocenters. The van der Waals surface area contributed by atoms with Crippen molar-refractivity contribution in [2.45, 2.75) is 13.8 Å². The van der Waals surface area contributed by atoms with Crippen LogP contribution in [0, 0.1) is 12.7 Å². The quantitative estimate of drug-likeness (QED) is 0.522. The monoisotopic (exact) mass is 417 g/mol. The molecule has 3 rings (SSSR count). The number of amides is 1. The first kappa shape index (κ1) is 20.0. The Labute approximate surface area is 170 Å². The van der Waals surface area contributed by atoms with Gasteiger partial charge in [0.25, 0.3) is 5.91 Å². The van der Waals surface area contributed by atoms with Gasteiger partial charge >= 0.3 is 5.97 Å². The van der Waals surface area contributed by atoms with Crippen molar-refractivity contribution in [2.24, 2.45) is 0 Å². The molecule has 0 aliphatic heterocycles. The van der Waals surface area contributed by atoms with Crippen molar-refractivity contribution in [3.8, 4) is 11.1 Å². The van der Waals surface area contributed by atoms with Gasteiger partial charge in [0.1, 0.15) is 16.4 Å². The molecular weight excluding hydrogens is 401 g/mol. The van der Waals surface area contributed by atoms with Gasteiger partial charge in [-0.25, -0.2) is 9.18 Å². The van der Waals surface area contributed by atoms with Gasteiger partial charge in [0.05, 0.1) is 12.2 Å². The number of thiophene rings is 1. The van der Waals surface area contributed by atoms with Crippen molar-refractivity contribution < 1.29 is 18.7 Å². The number of halogens is 2. The van der Waals surface area contributed by atoms with E-state index in [-0.39, 0.29) is 17.7 Å². The van der Waals surface area contributed by atoms with E-state index < -0.39 is 17.7 Å². The lowest BCUT2D eigenvalue weighted by Crippen LogP contribution is -2.16. The Balaban J connectivity index is 2.07. The fourth-order valence-corrected chi connectivity index (χ4v) is 4.00. The number of ether oxygens (including phenoxy) is 1. The van der Waals surface area contributed by atoms with E-state index in [1.807, 2.05) is 6.92 Å². The largest absolute Gasteiger partial charge is 0.462 e. The average Bonchev–Trinajstić information content (AvgIpc) is 2.98. The number of carbonyl (C=O) groups excluding carboxylic acids is 2. The summed E-state index contributed by atoms with van der Waals surface area (Å²) in [5, 5.41) is 3.55. The number of rotatable bonds is 5. The smallest absolute Gasteiger partial charge is 0.341 e. The molecule has 0 bridgehead atoms. The number of benzene rings is 2. The molecule has 0 aliphatic rings. The molecule has 0 spiro atoms. The van der Waals surface area contributed by atoms with Crippen molar-refractivity contribution >= 4 is 39.8 Å². The van der Waals surface area contributed by atoms with Gasteiger partial charge in [-0.3, -0.25) is 4.79 Å². The van der Waals surface area contributed by atoms with E-state index in [1.54, 1.807) is 37.3 Å². The maximum absolute atomic E-state index is 13.9. The molecule has 144 valence electrons. The molecule has 0 radical (unpaired) electrons. The minimum atomic E-state index is -0.635. The summed E-state index contributed by atoms with van der Waals surface area (Å²) < 4.78 is 19.1. The minimum absolute atomic E-state index is 0.101. The number of hydrogen-bond donors (Lipinski definition) is 1. The second-order valence-corrected chi connectivity index (χ2v) is 7.56. The topological polar surface area (TPSA) is 55.4 Å². The van der Waals surface area contributed by atoms with Crippen LogP contribution < -0.4 is 5.32 Å². The number of carbonyl (C=O) groups is 2. The van der Waals surface area contributed by atoms with Crippen molar-refractivity contribution in [1.29, 1.82) is 0 Å². The lowest BCUT2D eigenvalue weighted by molar-refractivity contribution is 0.0529. The lowest BCUT2D eigenvalue weighted by Gasteiger charge is -2.09. The van der Waals surface area contributed by atoms with Gasteiger partial charge in [0.2, 0.25) is 0 Å². The second-order valence-electron chi connectivity index (χ2n) is 5.90. The summed E-state index contributed by atoms with van der Waals surface area (Å²) in [5.74, 6) is -1.82.